The zero-order valence-corrected chi connectivity index (χ0v) is 8.29. The maximum Gasteiger partial charge on any atom is 0.128 e. The lowest BCUT2D eigenvalue weighted by atomic mass is 10.2. The van der Waals surface area contributed by atoms with Gasteiger partial charge in [-0.15, -0.1) is 0 Å². The molecule has 0 amide bonds. The van der Waals surface area contributed by atoms with Crippen molar-refractivity contribution >= 4 is 11.6 Å². The van der Waals surface area contributed by atoms with Crippen LogP contribution in [-0.2, 0) is 4.74 Å². The minimum Gasteiger partial charge on any atom is -0.379 e. The smallest absolute Gasteiger partial charge is 0.128 e. The Kier molecular flexibility index (Phi) is 2.84. The number of nitrogens with zero attached hydrogens (tertiary/aromatic N) is 1. The van der Waals surface area contributed by atoms with Crippen molar-refractivity contribution in [1.82, 2.24) is 4.98 Å². The van der Waals surface area contributed by atoms with Gasteiger partial charge in [-0.05, 0) is 18.6 Å². The van der Waals surface area contributed by atoms with Crippen LogP contribution >= 0.6 is 0 Å². The Bertz CT molecular complexity index is 297. The van der Waals surface area contributed by atoms with Crippen LogP contribution in [0.1, 0.15) is 6.42 Å². The van der Waals surface area contributed by atoms with Gasteiger partial charge >= 0.3 is 0 Å². The fraction of sp³-hybridized carbons (Fsp3) is 0.500. The van der Waals surface area contributed by atoms with E-state index >= 15 is 0 Å². The van der Waals surface area contributed by atoms with Crippen LogP contribution in [-0.4, -0.2) is 31.3 Å². The van der Waals surface area contributed by atoms with Crippen LogP contribution < -0.4 is 10.6 Å². The van der Waals surface area contributed by atoms with Crippen LogP contribution in [0.5, 0.6) is 0 Å². The van der Waals surface area contributed by atoms with Gasteiger partial charge in [0.2, 0.25) is 0 Å². The molecule has 1 aliphatic heterocycles. The molecule has 0 radical (unpaired) electrons. The van der Waals surface area contributed by atoms with E-state index in [0.717, 1.165) is 31.3 Å². The molecule has 2 heterocycles. The van der Waals surface area contributed by atoms with Crippen molar-refractivity contribution in [2.45, 2.75) is 12.5 Å². The molecule has 0 saturated carbocycles. The summed E-state index contributed by atoms with van der Waals surface area (Å²) in [4.78, 5) is 4.38. The molecule has 1 aliphatic rings. The third kappa shape index (κ3) is 2.14. The van der Waals surface area contributed by atoms with E-state index in [0.29, 0.717) is 6.04 Å². The number of anilines is 2. The number of hydrogen-bond donors (Lipinski definition) is 2. The van der Waals surface area contributed by atoms with Gasteiger partial charge in [-0.1, -0.05) is 6.07 Å². The average molecular weight is 193 g/mol. The first-order valence-electron chi connectivity index (χ1n) is 4.87. The molecule has 0 aromatic carbocycles. The van der Waals surface area contributed by atoms with Crippen LogP contribution in [0.2, 0.25) is 0 Å². The van der Waals surface area contributed by atoms with Crippen molar-refractivity contribution in [3.63, 3.8) is 0 Å². The van der Waals surface area contributed by atoms with Gasteiger partial charge < -0.3 is 15.4 Å². The second-order valence-corrected chi connectivity index (χ2v) is 3.36. The van der Waals surface area contributed by atoms with E-state index in [1.54, 1.807) is 0 Å². The van der Waals surface area contributed by atoms with E-state index in [1.165, 1.54) is 0 Å². The number of rotatable bonds is 3. The summed E-state index contributed by atoms with van der Waals surface area (Å²) in [5.41, 5.74) is 0. The second kappa shape index (κ2) is 4.28. The molecule has 76 valence electrons. The van der Waals surface area contributed by atoms with E-state index in [-0.39, 0.29) is 0 Å². The monoisotopic (exact) mass is 193 g/mol. The third-order valence-electron chi connectivity index (χ3n) is 2.29. The van der Waals surface area contributed by atoms with Gasteiger partial charge in [0.25, 0.3) is 0 Å². The second-order valence-electron chi connectivity index (χ2n) is 3.36. The summed E-state index contributed by atoms with van der Waals surface area (Å²) in [7, 11) is 1.87. The van der Waals surface area contributed by atoms with Crippen molar-refractivity contribution < 1.29 is 4.74 Å². The molecule has 0 bridgehead atoms. The summed E-state index contributed by atoms with van der Waals surface area (Å²) in [6, 6.07) is 6.31. The highest BCUT2D eigenvalue weighted by atomic mass is 16.5. The lowest BCUT2D eigenvalue weighted by Crippen LogP contribution is -2.19. The molecule has 1 fully saturated rings. The molecule has 4 nitrogen and oxygen atoms in total. The van der Waals surface area contributed by atoms with Crippen LogP contribution in [0.4, 0.5) is 11.6 Å². The quantitative estimate of drug-likeness (QED) is 0.760. The van der Waals surface area contributed by atoms with E-state index in [1.807, 2.05) is 25.2 Å². The van der Waals surface area contributed by atoms with E-state index in [9.17, 15) is 0 Å². The van der Waals surface area contributed by atoms with Gasteiger partial charge in [-0.25, -0.2) is 4.98 Å². The van der Waals surface area contributed by atoms with Gasteiger partial charge in [-0.2, -0.15) is 0 Å². The lowest BCUT2D eigenvalue weighted by molar-refractivity contribution is 0.195. The third-order valence-corrected chi connectivity index (χ3v) is 2.29. The summed E-state index contributed by atoms with van der Waals surface area (Å²) >= 11 is 0. The van der Waals surface area contributed by atoms with Crippen LogP contribution in [0.15, 0.2) is 18.2 Å². The fourth-order valence-electron chi connectivity index (χ4n) is 1.51. The highest BCUT2D eigenvalue weighted by molar-refractivity contribution is 5.45. The predicted octanol–water partition coefficient (Wildman–Crippen LogP) is 1.32. The van der Waals surface area contributed by atoms with Gasteiger partial charge in [0.1, 0.15) is 11.6 Å². The van der Waals surface area contributed by atoms with Gasteiger partial charge in [-0.3, -0.25) is 0 Å². The standard InChI is InChI=1S/C10H15N3O/c1-11-9-3-2-4-10(13-9)12-8-5-6-14-7-8/h2-4,8H,5-7H2,1H3,(H2,11,12,13). The van der Waals surface area contributed by atoms with Gasteiger partial charge in [0, 0.05) is 13.7 Å². The van der Waals surface area contributed by atoms with Gasteiger partial charge in [0.15, 0.2) is 0 Å². The maximum absolute atomic E-state index is 5.28. The molecule has 4 heteroatoms. The summed E-state index contributed by atoms with van der Waals surface area (Å²) in [5, 5.41) is 6.35. The molecule has 0 aliphatic carbocycles. The summed E-state index contributed by atoms with van der Waals surface area (Å²) in [5.74, 6) is 1.79. The highest BCUT2D eigenvalue weighted by Gasteiger charge is 2.15. The molecular formula is C10H15N3O. The fourth-order valence-corrected chi connectivity index (χ4v) is 1.51. The van der Waals surface area contributed by atoms with Crippen LogP contribution in [0.3, 0.4) is 0 Å². The molecule has 2 rings (SSSR count). The van der Waals surface area contributed by atoms with E-state index in [2.05, 4.69) is 15.6 Å². The molecule has 1 saturated heterocycles. The molecule has 14 heavy (non-hydrogen) atoms. The van der Waals surface area contributed by atoms with Gasteiger partial charge in [0.05, 0.1) is 12.6 Å². The summed E-state index contributed by atoms with van der Waals surface area (Å²) in [6.07, 6.45) is 1.06. The van der Waals surface area contributed by atoms with Crippen molar-refractivity contribution in [2.24, 2.45) is 0 Å². The Morgan fingerprint density at radius 1 is 1.43 bits per heavy atom. The zero-order valence-electron chi connectivity index (χ0n) is 8.29. The van der Waals surface area contributed by atoms with E-state index in [4.69, 9.17) is 4.74 Å². The van der Waals surface area contributed by atoms with Crippen molar-refractivity contribution in [2.75, 3.05) is 30.9 Å². The molecule has 1 aromatic heterocycles. The normalized spacial score (nSPS) is 20.8. The first-order valence-corrected chi connectivity index (χ1v) is 4.87. The number of nitrogens with one attached hydrogen (secondary N) is 2. The molecule has 1 unspecified atom stereocenters. The SMILES string of the molecule is CNc1cccc(NC2CCOC2)n1. The Labute approximate surface area is 83.7 Å². The highest BCUT2D eigenvalue weighted by Crippen LogP contribution is 2.13. The van der Waals surface area contributed by atoms with E-state index < -0.39 is 0 Å². The first-order chi connectivity index (χ1) is 6.88. The summed E-state index contributed by atoms with van der Waals surface area (Å²) in [6.45, 7) is 1.63. The largest absolute Gasteiger partial charge is 0.379 e. The number of pyridine rings is 1. The Morgan fingerprint density at radius 2 is 2.29 bits per heavy atom. The lowest BCUT2D eigenvalue weighted by Gasteiger charge is -2.11. The Morgan fingerprint density at radius 3 is 3.00 bits per heavy atom. The minimum absolute atomic E-state index is 0.412. The molecule has 1 atom stereocenters. The van der Waals surface area contributed by atoms with Crippen LogP contribution in [0, 0.1) is 0 Å². The Balaban J connectivity index is 2.00. The first kappa shape index (κ1) is 9.27. The van der Waals surface area contributed by atoms with Crippen molar-refractivity contribution in [3.05, 3.63) is 18.2 Å². The van der Waals surface area contributed by atoms with Crippen LogP contribution in [0.25, 0.3) is 0 Å². The molecular weight excluding hydrogens is 178 g/mol. The minimum atomic E-state index is 0.412. The predicted molar refractivity (Wildman–Crippen MR) is 56.6 cm³/mol. The summed E-state index contributed by atoms with van der Waals surface area (Å²) < 4.78 is 5.28. The number of ether oxygens (including phenoxy) is 1. The zero-order chi connectivity index (χ0) is 9.80. The van der Waals surface area contributed by atoms with Crippen molar-refractivity contribution in [1.29, 1.82) is 0 Å². The van der Waals surface area contributed by atoms with Crippen molar-refractivity contribution in [3.8, 4) is 0 Å². The molecule has 0 spiro atoms. The topological polar surface area (TPSA) is 46.2 Å². The molecule has 1 aromatic rings. The maximum atomic E-state index is 5.28. The average Bonchev–Trinajstić information content (AvgIpc) is 2.71. The molecule has 2 N–H and O–H groups in total. The number of aromatic nitrogens is 1. The Hall–Kier alpha value is -1.29. The number of hydrogen-bond acceptors (Lipinski definition) is 4.